The third-order valence-corrected chi connectivity index (χ3v) is 6.82. The molecule has 3 aromatic heterocycles. The lowest BCUT2D eigenvalue weighted by Gasteiger charge is -2.37. The second-order valence-corrected chi connectivity index (χ2v) is 9.47. The Morgan fingerprint density at radius 1 is 1.03 bits per heavy atom. The molecular weight excluding hydrogens is 440 g/mol. The summed E-state index contributed by atoms with van der Waals surface area (Å²) in [5.41, 5.74) is 10.7. The van der Waals surface area contributed by atoms with Gasteiger partial charge in [-0.1, -0.05) is 24.3 Å². The van der Waals surface area contributed by atoms with Crippen molar-refractivity contribution in [2.75, 3.05) is 25.1 Å². The minimum absolute atomic E-state index is 0.125. The molecule has 0 aliphatic carbocycles. The molecule has 0 amide bonds. The molecule has 1 fully saturated rings. The number of imidazole rings is 1. The number of nitrogens with zero attached hydrogens (tertiary/aromatic N) is 7. The number of hydrogen-bond acceptors (Lipinski definition) is 7. The van der Waals surface area contributed by atoms with E-state index in [-0.39, 0.29) is 5.54 Å². The van der Waals surface area contributed by atoms with E-state index in [0.717, 1.165) is 71.1 Å². The van der Waals surface area contributed by atoms with Gasteiger partial charge in [-0.25, -0.2) is 19.6 Å². The Morgan fingerprint density at radius 2 is 1.80 bits per heavy atom. The first-order valence-electron chi connectivity index (χ1n) is 11.8. The molecule has 0 unspecified atom stereocenters. The molecule has 1 aliphatic rings. The topological polar surface area (TPSA) is 99.9 Å². The van der Waals surface area contributed by atoms with E-state index in [1.54, 1.807) is 13.4 Å². The third kappa shape index (κ3) is 3.97. The predicted octanol–water partition coefficient (Wildman–Crippen LogP) is 3.54. The van der Waals surface area contributed by atoms with Crippen LogP contribution in [-0.2, 0) is 6.54 Å². The van der Waals surface area contributed by atoms with Crippen LogP contribution in [0.5, 0.6) is 5.75 Å². The summed E-state index contributed by atoms with van der Waals surface area (Å²) in [6, 6.07) is 16.0. The van der Waals surface area contributed by atoms with Crippen LogP contribution in [0.2, 0.25) is 0 Å². The number of hydrogen-bond donors (Lipinski definition) is 1. The first-order valence-corrected chi connectivity index (χ1v) is 11.8. The van der Waals surface area contributed by atoms with E-state index in [0.29, 0.717) is 6.54 Å². The van der Waals surface area contributed by atoms with Crippen LogP contribution in [0.1, 0.15) is 25.3 Å². The van der Waals surface area contributed by atoms with Crippen molar-refractivity contribution < 1.29 is 4.74 Å². The zero-order valence-electron chi connectivity index (χ0n) is 19.9. The summed E-state index contributed by atoms with van der Waals surface area (Å²) < 4.78 is 9.22. The van der Waals surface area contributed by atoms with Crippen molar-refractivity contribution in [3.63, 3.8) is 0 Å². The van der Waals surface area contributed by atoms with Crippen molar-refractivity contribution in [1.82, 2.24) is 29.3 Å². The zero-order valence-corrected chi connectivity index (χ0v) is 19.9. The molecule has 0 bridgehead atoms. The van der Waals surface area contributed by atoms with E-state index in [1.807, 2.05) is 64.0 Å². The molecule has 35 heavy (non-hydrogen) atoms. The standard InChI is InChI=1S/C26H28N8O/c1-26(27)11-13-32(14-12-26)22-15-28-23-24(30-22)34(16-18-7-9-19(35-2)10-8-18)31-25(23)33-17-29-20-5-3-4-6-21(20)33/h3-10,15,17H,11-14,16,27H2,1-2H3. The van der Waals surface area contributed by atoms with Crippen LogP contribution in [0.15, 0.2) is 61.1 Å². The number of anilines is 1. The van der Waals surface area contributed by atoms with Crippen molar-refractivity contribution in [2.45, 2.75) is 31.8 Å². The Bertz CT molecular complexity index is 1490. The van der Waals surface area contributed by atoms with E-state index in [2.05, 4.69) is 16.8 Å². The Labute approximate surface area is 203 Å². The highest BCUT2D eigenvalue weighted by atomic mass is 16.5. The molecule has 1 saturated heterocycles. The van der Waals surface area contributed by atoms with Gasteiger partial charge in [0, 0.05) is 18.6 Å². The largest absolute Gasteiger partial charge is 0.497 e. The molecule has 0 saturated carbocycles. The molecule has 1 aliphatic heterocycles. The summed E-state index contributed by atoms with van der Waals surface area (Å²) in [5.74, 6) is 2.39. The molecule has 0 radical (unpaired) electrons. The van der Waals surface area contributed by atoms with E-state index >= 15 is 0 Å². The van der Waals surface area contributed by atoms with Crippen LogP contribution < -0.4 is 15.4 Å². The smallest absolute Gasteiger partial charge is 0.188 e. The first-order chi connectivity index (χ1) is 17.0. The lowest BCUT2D eigenvalue weighted by molar-refractivity contribution is 0.363. The molecule has 9 heteroatoms. The van der Waals surface area contributed by atoms with Gasteiger partial charge in [-0.2, -0.15) is 0 Å². The molecule has 9 nitrogen and oxygen atoms in total. The highest BCUT2D eigenvalue weighted by Gasteiger charge is 2.27. The number of methoxy groups -OCH3 is 1. The molecule has 4 heterocycles. The van der Waals surface area contributed by atoms with E-state index < -0.39 is 0 Å². The van der Waals surface area contributed by atoms with Crippen LogP contribution in [-0.4, -0.2) is 55.0 Å². The fraction of sp³-hybridized carbons (Fsp3) is 0.308. The maximum atomic E-state index is 6.35. The second-order valence-electron chi connectivity index (χ2n) is 9.47. The molecule has 178 valence electrons. The van der Waals surface area contributed by atoms with Crippen LogP contribution >= 0.6 is 0 Å². The van der Waals surface area contributed by atoms with Gasteiger partial charge >= 0.3 is 0 Å². The van der Waals surface area contributed by atoms with Crippen molar-refractivity contribution in [3.8, 4) is 11.6 Å². The van der Waals surface area contributed by atoms with Crippen molar-refractivity contribution >= 4 is 28.0 Å². The van der Waals surface area contributed by atoms with Gasteiger partial charge in [-0.3, -0.25) is 4.57 Å². The number of piperidine rings is 1. The number of para-hydroxylation sites is 2. The number of rotatable bonds is 5. The summed E-state index contributed by atoms with van der Waals surface area (Å²) in [4.78, 5) is 16.7. The highest BCUT2D eigenvalue weighted by Crippen LogP contribution is 2.28. The van der Waals surface area contributed by atoms with E-state index in [1.165, 1.54) is 0 Å². The maximum Gasteiger partial charge on any atom is 0.188 e. The summed E-state index contributed by atoms with van der Waals surface area (Å²) in [6.07, 6.45) is 5.49. The van der Waals surface area contributed by atoms with Gasteiger partial charge in [0.1, 0.15) is 17.9 Å². The molecule has 2 N–H and O–H groups in total. The monoisotopic (exact) mass is 468 g/mol. The van der Waals surface area contributed by atoms with Gasteiger partial charge in [0.25, 0.3) is 0 Å². The SMILES string of the molecule is COc1ccc(Cn2nc(-n3cnc4ccccc43)c3ncc(N4CCC(C)(N)CC4)nc32)cc1. The van der Waals surface area contributed by atoms with Gasteiger partial charge in [0.05, 0.1) is 30.9 Å². The fourth-order valence-electron chi connectivity index (χ4n) is 4.62. The average molecular weight is 469 g/mol. The van der Waals surface area contributed by atoms with Gasteiger partial charge < -0.3 is 15.4 Å². The Kier molecular flexibility index (Phi) is 5.14. The lowest BCUT2D eigenvalue weighted by Crippen LogP contribution is -2.48. The summed E-state index contributed by atoms with van der Waals surface area (Å²) in [6.45, 7) is 4.40. The Morgan fingerprint density at radius 3 is 2.57 bits per heavy atom. The normalized spacial score (nSPS) is 15.7. The Balaban J connectivity index is 1.45. The van der Waals surface area contributed by atoms with E-state index in [9.17, 15) is 0 Å². The van der Waals surface area contributed by atoms with Gasteiger partial charge in [0.2, 0.25) is 0 Å². The van der Waals surface area contributed by atoms with Gasteiger partial charge in [-0.15, -0.1) is 5.10 Å². The molecule has 0 atom stereocenters. The molecule has 6 rings (SSSR count). The van der Waals surface area contributed by atoms with Crippen LogP contribution in [0, 0.1) is 0 Å². The minimum atomic E-state index is -0.125. The first kappa shape index (κ1) is 21.5. The number of nitrogens with two attached hydrogens (primary N) is 1. The van der Waals surface area contributed by atoms with Crippen LogP contribution in [0.25, 0.3) is 28.0 Å². The average Bonchev–Trinajstić information content (AvgIpc) is 3.45. The minimum Gasteiger partial charge on any atom is -0.497 e. The fourth-order valence-corrected chi connectivity index (χ4v) is 4.62. The summed E-state index contributed by atoms with van der Waals surface area (Å²) in [7, 11) is 1.67. The van der Waals surface area contributed by atoms with Gasteiger partial charge in [-0.05, 0) is 49.6 Å². The van der Waals surface area contributed by atoms with Crippen LogP contribution in [0.4, 0.5) is 5.82 Å². The quantitative estimate of drug-likeness (QED) is 0.421. The lowest BCUT2D eigenvalue weighted by atomic mass is 9.91. The number of benzene rings is 2. The van der Waals surface area contributed by atoms with Gasteiger partial charge in [0.15, 0.2) is 17.0 Å². The zero-order chi connectivity index (χ0) is 24.0. The number of fused-ring (bicyclic) bond motifs is 2. The number of aromatic nitrogens is 6. The summed E-state index contributed by atoms with van der Waals surface area (Å²) in [5, 5.41) is 4.97. The van der Waals surface area contributed by atoms with Crippen molar-refractivity contribution in [3.05, 3.63) is 66.6 Å². The van der Waals surface area contributed by atoms with Crippen molar-refractivity contribution in [2.24, 2.45) is 5.73 Å². The predicted molar refractivity (Wildman–Crippen MR) is 136 cm³/mol. The highest BCUT2D eigenvalue weighted by molar-refractivity contribution is 5.85. The molecule has 0 spiro atoms. The second kappa shape index (κ2) is 8.35. The summed E-state index contributed by atoms with van der Waals surface area (Å²) >= 11 is 0. The maximum absolute atomic E-state index is 6.35. The Hall–Kier alpha value is -3.98. The molecule has 2 aromatic carbocycles. The third-order valence-electron chi connectivity index (χ3n) is 6.82. The molecule has 5 aromatic rings. The molecular formula is C26H28N8O. The van der Waals surface area contributed by atoms with Crippen molar-refractivity contribution in [1.29, 1.82) is 0 Å². The number of ether oxygens (including phenoxy) is 1. The van der Waals surface area contributed by atoms with E-state index in [4.69, 9.17) is 25.5 Å². The van der Waals surface area contributed by atoms with Crippen LogP contribution in [0.3, 0.4) is 0 Å².